The molecule has 1 N–H and O–H groups in total. The highest BCUT2D eigenvalue weighted by atomic mass is 35.5. The largest absolute Gasteiger partial charge is 0.465 e. The van der Waals surface area contributed by atoms with Crippen molar-refractivity contribution in [3.63, 3.8) is 0 Å². The summed E-state index contributed by atoms with van der Waals surface area (Å²) in [5.41, 5.74) is 1.09. The Morgan fingerprint density at radius 1 is 1.03 bits per heavy atom. The third-order valence-electron chi connectivity index (χ3n) is 7.67. The van der Waals surface area contributed by atoms with Gasteiger partial charge >= 0.3 is 6.09 Å². The molecule has 1 aromatic carbocycles. The van der Waals surface area contributed by atoms with Gasteiger partial charge in [0.05, 0.1) is 6.04 Å². The Morgan fingerprint density at radius 2 is 1.62 bits per heavy atom. The predicted octanol–water partition coefficient (Wildman–Crippen LogP) is 3.53. The number of benzene rings is 1. The molecule has 2 heterocycles. The van der Waals surface area contributed by atoms with Crippen LogP contribution in [0.1, 0.15) is 44.6 Å². The van der Waals surface area contributed by atoms with Gasteiger partial charge in [-0.25, -0.2) is 4.79 Å². The molecule has 3 aliphatic rings. The molecule has 1 saturated carbocycles. The highest BCUT2D eigenvalue weighted by Gasteiger charge is 2.52. The molecule has 3 atom stereocenters. The van der Waals surface area contributed by atoms with E-state index in [9.17, 15) is 19.5 Å². The summed E-state index contributed by atoms with van der Waals surface area (Å²) in [5, 5.41) is 10.2. The smallest absolute Gasteiger partial charge is 0.407 e. The molecule has 2 aliphatic heterocycles. The van der Waals surface area contributed by atoms with Gasteiger partial charge in [0.25, 0.3) is 0 Å². The number of likely N-dealkylation sites (N-methyl/N-ethyl adjacent to an activating group) is 1. The van der Waals surface area contributed by atoms with E-state index in [4.69, 9.17) is 11.6 Å². The summed E-state index contributed by atoms with van der Waals surface area (Å²) in [5.74, 6) is 0.208. The van der Waals surface area contributed by atoms with E-state index >= 15 is 0 Å². The van der Waals surface area contributed by atoms with E-state index in [1.54, 1.807) is 19.2 Å². The van der Waals surface area contributed by atoms with Crippen LogP contribution in [-0.2, 0) is 9.59 Å². The van der Waals surface area contributed by atoms with E-state index in [-0.39, 0.29) is 41.0 Å². The molecule has 4 rings (SSSR count). The minimum Gasteiger partial charge on any atom is -0.465 e. The second-order valence-corrected chi connectivity index (χ2v) is 10.6. The first-order valence-corrected chi connectivity index (χ1v) is 11.7. The SMILES string of the molecule is CN(C(=O)O)[C@@H]1CN(C(=O)C2CCN(C(=O)C3CC3(C)C)CC2)C[C@H]1c1ccc(Cl)cc1. The highest BCUT2D eigenvalue weighted by molar-refractivity contribution is 6.30. The van der Waals surface area contributed by atoms with E-state index in [1.807, 2.05) is 21.9 Å². The van der Waals surface area contributed by atoms with Gasteiger partial charge in [0.15, 0.2) is 0 Å². The van der Waals surface area contributed by atoms with Crippen molar-refractivity contribution in [3.05, 3.63) is 34.9 Å². The summed E-state index contributed by atoms with van der Waals surface area (Å²) in [6, 6.07) is 7.11. The van der Waals surface area contributed by atoms with Gasteiger partial charge in [0.1, 0.15) is 0 Å². The molecule has 3 amide bonds. The molecule has 2 saturated heterocycles. The zero-order chi connectivity index (χ0) is 23.2. The minimum atomic E-state index is -1.00. The maximum atomic E-state index is 13.3. The van der Waals surface area contributed by atoms with Crippen LogP contribution in [0.5, 0.6) is 0 Å². The second-order valence-electron chi connectivity index (χ2n) is 10.2. The summed E-state index contributed by atoms with van der Waals surface area (Å²) < 4.78 is 0. The molecule has 0 radical (unpaired) electrons. The fourth-order valence-electron chi connectivity index (χ4n) is 5.25. The van der Waals surface area contributed by atoms with Gasteiger partial charge in [-0.1, -0.05) is 37.6 Å². The van der Waals surface area contributed by atoms with Crippen molar-refractivity contribution < 1.29 is 19.5 Å². The second kappa shape index (κ2) is 8.58. The Bertz CT molecular complexity index is 895. The normalized spacial score (nSPS) is 27.3. The van der Waals surface area contributed by atoms with Gasteiger partial charge < -0.3 is 19.8 Å². The van der Waals surface area contributed by atoms with Crippen LogP contribution in [0, 0.1) is 17.3 Å². The molecule has 1 unspecified atom stereocenters. The van der Waals surface area contributed by atoms with Crippen LogP contribution < -0.4 is 0 Å². The van der Waals surface area contributed by atoms with Crippen LogP contribution in [0.4, 0.5) is 4.79 Å². The number of hydrogen-bond donors (Lipinski definition) is 1. The van der Waals surface area contributed by atoms with Crippen molar-refractivity contribution in [3.8, 4) is 0 Å². The molecular formula is C24H32ClN3O4. The first kappa shape index (κ1) is 22.9. The molecule has 32 heavy (non-hydrogen) atoms. The lowest BCUT2D eigenvalue weighted by molar-refractivity contribution is -0.141. The number of hydrogen-bond acceptors (Lipinski definition) is 3. The van der Waals surface area contributed by atoms with E-state index in [1.165, 1.54) is 4.90 Å². The summed E-state index contributed by atoms with van der Waals surface area (Å²) >= 11 is 6.02. The molecular weight excluding hydrogens is 430 g/mol. The van der Waals surface area contributed by atoms with Crippen molar-refractivity contribution in [1.29, 1.82) is 0 Å². The number of nitrogens with zero attached hydrogens (tertiary/aromatic N) is 3. The number of amides is 3. The van der Waals surface area contributed by atoms with E-state index < -0.39 is 6.09 Å². The molecule has 1 aromatic rings. The average molecular weight is 462 g/mol. The van der Waals surface area contributed by atoms with Gasteiger partial charge in [0.2, 0.25) is 11.8 Å². The third-order valence-corrected chi connectivity index (χ3v) is 7.92. The van der Waals surface area contributed by atoms with Crippen LogP contribution in [0.15, 0.2) is 24.3 Å². The summed E-state index contributed by atoms with van der Waals surface area (Å²) in [6.07, 6.45) is 1.28. The molecule has 0 spiro atoms. The van der Waals surface area contributed by atoms with Crippen molar-refractivity contribution in [2.75, 3.05) is 33.2 Å². The highest BCUT2D eigenvalue weighted by Crippen LogP contribution is 2.52. The molecule has 8 heteroatoms. The number of likely N-dealkylation sites (tertiary alicyclic amines) is 2. The number of carboxylic acid groups (broad SMARTS) is 1. The Labute approximate surface area is 194 Å². The number of carbonyl (C=O) groups is 3. The molecule has 7 nitrogen and oxygen atoms in total. The van der Waals surface area contributed by atoms with Crippen LogP contribution in [0.3, 0.4) is 0 Å². The van der Waals surface area contributed by atoms with Gasteiger partial charge in [-0.15, -0.1) is 0 Å². The number of halogens is 1. The first-order valence-electron chi connectivity index (χ1n) is 11.4. The third kappa shape index (κ3) is 4.45. The monoisotopic (exact) mass is 461 g/mol. The molecule has 0 aromatic heterocycles. The fourth-order valence-corrected chi connectivity index (χ4v) is 5.38. The zero-order valence-corrected chi connectivity index (χ0v) is 19.7. The standard InChI is InChI=1S/C24H32ClN3O4/c1-24(2)12-19(24)22(30)27-10-8-16(9-11-27)21(29)28-13-18(15-4-6-17(25)7-5-15)20(14-28)26(3)23(31)32/h4-7,16,18-20H,8-14H2,1-3H3,(H,31,32)/t18-,19?,20+/m0/s1. The van der Waals surface area contributed by atoms with E-state index in [2.05, 4.69) is 13.8 Å². The van der Waals surface area contributed by atoms with Gasteiger partial charge in [-0.05, 0) is 42.4 Å². The van der Waals surface area contributed by atoms with Crippen molar-refractivity contribution >= 4 is 29.5 Å². The van der Waals surface area contributed by atoms with Crippen LogP contribution in [0.2, 0.25) is 5.02 Å². The number of carbonyl (C=O) groups excluding carboxylic acids is 2. The zero-order valence-electron chi connectivity index (χ0n) is 19.0. The van der Waals surface area contributed by atoms with Crippen molar-refractivity contribution in [2.45, 2.75) is 45.1 Å². The fraction of sp³-hybridized carbons (Fsp3) is 0.625. The van der Waals surface area contributed by atoms with Crippen LogP contribution >= 0.6 is 11.6 Å². The Morgan fingerprint density at radius 3 is 2.16 bits per heavy atom. The van der Waals surface area contributed by atoms with Crippen molar-refractivity contribution in [1.82, 2.24) is 14.7 Å². The van der Waals surface area contributed by atoms with Crippen LogP contribution in [-0.4, -0.2) is 77.0 Å². The Kier molecular flexibility index (Phi) is 6.14. The lowest BCUT2D eigenvalue weighted by atomic mass is 9.93. The maximum Gasteiger partial charge on any atom is 0.407 e. The topological polar surface area (TPSA) is 81.2 Å². The molecule has 0 bridgehead atoms. The Hall–Kier alpha value is -2.28. The maximum absolute atomic E-state index is 13.3. The van der Waals surface area contributed by atoms with Crippen molar-refractivity contribution in [2.24, 2.45) is 17.3 Å². The molecule has 174 valence electrons. The molecule has 1 aliphatic carbocycles. The first-order chi connectivity index (χ1) is 15.1. The quantitative estimate of drug-likeness (QED) is 0.743. The van der Waals surface area contributed by atoms with E-state index in [0.29, 0.717) is 44.0 Å². The number of piperidine rings is 1. The number of rotatable bonds is 4. The van der Waals surface area contributed by atoms with Gasteiger partial charge in [-0.3, -0.25) is 9.59 Å². The summed E-state index contributed by atoms with van der Waals surface area (Å²) in [4.78, 5) is 42.7. The average Bonchev–Trinajstić information content (AvgIpc) is 3.20. The predicted molar refractivity (Wildman–Crippen MR) is 122 cm³/mol. The van der Waals surface area contributed by atoms with E-state index in [0.717, 1.165) is 12.0 Å². The Balaban J connectivity index is 1.41. The summed E-state index contributed by atoms with van der Waals surface area (Å²) in [6.45, 7) is 6.35. The lowest BCUT2D eigenvalue weighted by Gasteiger charge is -2.33. The summed E-state index contributed by atoms with van der Waals surface area (Å²) in [7, 11) is 1.56. The van der Waals surface area contributed by atoms with Gasteiger partial charge in [0, 0.05) is 56.0 Å². The van der Waals surface area contributed by atoms with Gasteiger partial charge in [-0.2, -0.15) is 0 Å². The lowest BCUT2D eigenvalue weighted by Crippen LogP contribution is -2.45. The van der Waals surface area contributed by atoms with Crippen LogP contribution in [0.25, 0.3) is 0 Å². The minimum absolute atomic E-state index is 0.0732. The molecule has 3 fully saturated rings.